The number of benzene rings is 1. The zero-order valence-corrected chi connectivity index (χ0v) is 16.7. The number of pyridine rings is 1. The maximum absolute atomic E-state index is 12.8. The molecule has 0 radical (unpaired) electrons. The van der Waals surface area contributed by atoms with Crippen LogP contribution in [0.15, 0.2) is 48.8 Å². The third kappa shape index (κ3) is 5.13. The number of nitrogens with one attached hydrogen (secondary N) is 1. The Bertz CT molecular complexity index is 952. The van der Waals surface area contributed by atoms with Crippen molar-refractivity contribution in [2.75, 3.05) is 18.9 Å². The molecule has 0 saturated carbocycles. The summed E-state index contributed by atoms with van der Waals surface area (Å²) in [6.45, 7) is 6.50. The predicted molar refractivity (Wildman–Crippen MR) is 111 cm³/mol. The zero-order valence-electron chi connectivity index (χ0n) is 16.7. The lowest BCUT2D eigenvalue weighted by atomic mass is 10.1. The molecule has 3 aromatic rings. The van der Waals surface area contributed by atoms with Gasteiger partial charge in [-0.05, 0) is 68.1 Å². The van der Waals surface area contributed by atoms with Crippen molar-refractivity contribution in [1.82, 2.24) is 19.9 Å². The van der Waals surface area contributed by atoms with Crippen LogP contribution in [-0.2, 0) is 6.42 Å². The fraction of sp³-hybridized carbons (Fsp3) is 0.273. The Kier molecular flexibility index (Phi) is 5.99. The van der Waals surface area contributed by atoms with Gasteiger partial charge in [-0.1, -0.05) is 6.07 Å². The van der Waals surface area contributed by atoms with Crippen LogP contribution < -0.4 is 5.32 Å². The first-order valence-electron chi connectivity index (χ1n) is 9.26. The van der Waals surface area contributed by atoms with Crippen LogP contribution in [0, 0.1) is 20.8 Å². The van der Waals surface area contributed by atoms with E-state index >= 15 is 0 Å². The van der Waals surface area contributed by atoms with Gasteiger partial charge in [0.15, 0.2) is 0 Å². The molecular weight excluding hydrogens is 350 g/mol. The van der Waals surface area contributed by atoms with Crippen molar-refractivity contribution in [3.05, 3.63) is 77.0 Å². The molecule has 2 aromatic heterocycles. The van der Waals surface area contributed by atoms with Gasteiger partial charge in [-0.15, -0.1) is 0 Å². The van der Waals surface area contributed by atoms with Gasteiger partial charge in [-0.25, -0.2) is 9.97 Å². The van der Waals surface area contributed by atoms with Gasteiger partial charge in [0.1, 0.15) is 17.3 Å². The first kappa shape index (κ1) is 19.5. The Morgan fingerprint density at radius 2 is 1.68 bits per heavy atom. The van der Waals surface area contributed by atoms with Crippen LogP contribution in [0.4, 0.5) is 11.5 Å². The van der Waals surface area contributed by atoms with Crippen molar-refractivity contribution >= 4 is 17.4 Å². The number of likely N-dealkylation sites (N-methyl/N-ethyl adjacent to an activating group) is 1. The zero-order chi connectivity index (χ0) is 20.1. The summed E-state index contributed by atoms with van der Waals surface area (Å²) in [6.07, 6.45) is 4.29. The number of amides is 1. The SMILES string of the molecule is Cc1cc(C)cc(Nc2cc(C(=O)N(C)CCc3ccncc3)nc(C)n2)c1. The standard InChI is InChI=1S/C22H25N5O/c1-15-11-16(2)13-19(12-15)26-21-14-20(24-17(3)25-21)22(28)27(4)10-7-18-5-8-23-9-6-18/h5-6,8-9,11-14H,7,10H2,1-4H3,(H,24,25,26). The molecule has 6 heteroatoms. The van der Waals surface area contributed by atoms with Crippen LogP contribution in [0.2, 0.25) is 0 Å². The molecule has 0 fully saturated rings. The van der Waals surface area contributed by atoms with E-state index in [1.165, 1.54) is 11.1 Å². The summed E-state index contributed by atoms with van der Waals surface area (Å²) in [5, 5.41) is 3.29. The highest BCUT2D eigenvalue weighted by Gasteiger charge is 2.15. The van der Waals surface area contributed by atoms with E-state index in [9.17, 15) is 4.79 Å². The third-order valence-electron chi connectivity index (χ3n) is 4.38. The van der Waals surface area contributed by atoms with E-state index in [-0.39, 0.29) is 5.91 Å². The van der Waals surface area contributed by atoms with Crippen LogP contribution in [0.1, 0.15) is 33.0 Å². The van der Waals surface area contributed by atoms with Crippen molar-refractivity contribution in [2.24, 2.45) is 0 Å². The van der Waals surface area contributed by atoms with Crippen molar-refractivity contribution in [1.29, 1.82) is 0 Å². The average molecular weight is 375 g/mol. The third-order valence-corrected chi connectivity index (χ3v) is 4.38. The number of carbonyl (C=O) groups excluding carboxylic acids is 1. The fourth-order valence-electron chi connectivity index (χ4n) is 3.08. The number of anilines is 2. The number of hydrogen-bond donors (Lipinski definition) is 1. The van der Waals surface area contributed by atoms with Gasteiger partial charge in [0.2, 0.25) is 0 Å². The number of rotatable bonds is 6. The van der Waals surface area contributed by atoms with Gasteiger partial charge >= 0.3 is 0 Å². The van der Waals surface area contributed by atoms with E-state index in [4.69, 9.17) is 0 Å². The topological polar surface area (TPSA) is 71.0 Å². The van der Waals surface area contributed by atoms with Gasteiger partial charge in [0.25, 0.3) is 5.91 Å². The molecule has 0 bridgehead atoms. The Balaban J connectivity index is 1.73. The van der Waals surface area contributed by atoms with E-state index in [1.54, 1.807) is 37.3 Å². The first-order valence-corrected chi connectivity index (χ1v) is 9.26. The normalized spacial score (nSPS) is 10.6. The summed E-state index contributed by atoms with van der Waals surface area (Å²) < 4.78 is 0. The van der Waals surface area contributed by atoms with Crippen LogP contribution in [0.3, 0.4) is 0 Å². The van der Waals surface area contributed by atoms with Crippen LogP contribution in [0.5, 0.6) is 0 Å². The lowest BCUT2D eigenvalue weighted by Crippen LogP contribution is -2.30. The number of aromatic nitrogens is 3. The van der Waals surface area contributed by atoms with Gasteiger partial charge < -0.3 is 10.2 Å². The summed E-state index contributed by atoms with van der Waals surface area (Å²) >= 11 is 0. The summed E-state index contributed by atoms with van der Waals surface area (Å²) in [4.78, 5) is 27.3. The molecule has 0 atom stereocenters. The lowest BCUT2D eigenvalue weighted by molar-refractivity contribution is 0.0790. The molecule has 6 nitrogen and oxygen atoms in total. The molecule has 2 heterocycles. The van der Waals surface area contributed by atoms with Crippen molar-refractivity contribution < 1.29 is 4.79 Å². The molecule has 1 amide bonds. The van der Waals surface area contributed by atoms with Gasteiger partial charge in [0.05, 0.1) is 0 Å². The second-order valence-corrected chi connectivity index (χ2v) is 7.02. The van der Waals surface area contributed by atoms with E-state index < -0.39 is 0 Å². The highest BCUT2D eigenvalue weighted by molar-refractivity contribution is 5.93. The van der Waals surface area contributed by atoms with Crippen LogP contribution in [-0.4, -0.2) is 39.4 Å². The molecule has 1 N–H and O–H groups in total. The number of nitrogens with zero attached hydrogens (tertiary/aromatic N) is 4. The summed E-state index contributed by atoms with van der Waals surface area (Å²) in [6, 6.07) is 11.8. The quantitative estimate of drug-likeness (QED) is 0.708. The van der Waals surface area contributed by atoms with Gasteiger partial charge in [0, 0.05) is 37.7 Å². The molecule has 0 aliphatic carbocycles. The minimum atomic E-state index is -0.122. The van der Waals surface area contributed by atoms with Crippen LogP contribution in [0.25, 0.3) is 0 Å². The number of aryl methyl sites for hydroxylation is 3. The van der Waals surface area contributed by atoms with Crippen LogP contribution >= 0.6 is 0 Å². The van der Waals surface area contributed by atoms with E-state index in [1.807, 2.05) is 24.3 Å². The Morgan fingerprint density at radius 1 is 1.00 bits per heavy atom. The number of carbonyl (C=O) groups is 1. The molecule has 3 rings (SSSR count). The van der Waals surface area contributed by atoms with Crippen molar-refractivity contribution in [2.45, 2.75) is 27.2 Å². The highest BCUT2D eigenvalue weighted by Crippen LogP contribution is 2.19. The molecule has 28 heavy (non-hydrogen) atoms. The molecule has 0 aliphatic heterocycles. The minimum absolute atomic E-state index is 0.122. The lowest BCUT2D eigenvalue weighted by Gasteiger charge is -2.17. The molecule has 0 saturated heterocycles. The highest BCUT2D eigenvalue weighted by atomic mass is 16.2. The van der Waals surface area contributed by atoms with E-state index in [0.717, 1.165) is 17.7 Å². The second kappa shape index (κ2) is 8.61. The molecular formula is C22H25N5O. The second-order valence-electron chi connectivity index (χ2n) is 7.02. The summed E-state index contributed by atoms with van der Waals surface area (Å²) in [7, 11) is 1.79. The number of hydrogen-bond acceptors (Lipinski definition) is 5. The smallest absolute Gasteiger partial charge is 0.272 e. The molecule has 144 valence electrons. The molecule has 0 unspecified atom stereocenters. The van der Waals surface area contributed by atoms with Gasteiger partial charge in [-0.2, -0.15) is 0 Å². The summed E-state index contributed by atoms with van der Waals surface area (Å²) in [5.41, 5.74) is 4.81. The molecule has 0 spiro atoms. The predicted octanol–water partition coefficient (Wildman–Crippen LogP) is 3.86. The van der Waals surface area contributed by atoms with E-state index in [2.05, 4.69) is 40.2 Å². The average Bonchev–Trinajstić information content (AvgIpc) is 2.65. The minimum Gasteiger partial charge on any atom is -0.340 e. The largest absolute Gasteiger partial charge is 0.340 e. The maximum atomic E-state index is 12.8. The fourth-order valence-corrected chi connectivity index (χ4v) is 3.08. The Hall–Kier alpha value is -3.28. The van der Waals surface area contributed by atoms with Gasteiger partial charge in [-0.3, -0.25) is 9.78 Å². The molecule has 1 aromatic carbocycles. The van der Waals surface area contributed by atoms with Crippen molar-refractivity contribution in [3.63, 3.8) is 0 Å². The van der Waals surface area contributed by atoms with Crippen molar-refractivity contribution in [3.8, 4) is 0 Å². The monoisotopic (exact) mass is 375 g/mol. The maximum Gasteiger partial charge on any atom is 0.272 e. The Morgan fingerprint density at radius 3 is 2.36 bits per heavy atom. The summed E-state index contributed by atoms with van der Waals surface area (Å²) in [5.74, 6) is 1.05. The van der Waals surface area contributed by atoms with E-state index in [0.29, 0.717) is 23.9 Å². The molecule has 0 aliphatic rings. The first-order chi connectivity index (χ1) is 13.4. The Labute approximate surface area is 165 Å².